The standard InChI is InChI=1S/C30H42FNO5Si/c1-29(2,3)36-28(35)32-24(19-20-9-11-22(12-10-20)27(33)34)17-18-25(32)26(21-13-15-23(31)16-14-21)37-38(7,8)30(4,5)6/h9-16,24-26H,17-19H2,1-8H3,(H,33,34)/t24-,25+,26?/m0/s1. The number of halogens is 1. The molecule has 1 aliphatic rings. The van der Waals surface area contributed by atoms with Gasteiger partial charge in [-0.05, 0) is 93.6 Å². The molecule has 8 heteroatoms. The first-order valence-electron chi connectivity index (χ1n) is 13.3. The van der Waals surface area contributed by atoms with E-state index >= 15 is 0 Å². The van der Waals surface area contributed by atoms with Gasteiger partial charge in [-0.25, -0.2) is 14.0 Å². The second-order valence-electron chi connectivity index (χ2n) is 12.7. The summed E-state index contributed by atoms with van der Waals surface area (Å²) in [5.74, 6) is -1.30. The smallest absolute Gasteiger partial charge is 0.410 e. The summed E-state index contributed by atoms with van der Waals surface area (Å²) in [6.45, 7) is 16.4. The van der Waals surface area contributed by atoms with Crippen LogP contribution in [-0.4, -0.2) is 48.1 Å². The number of rotatable bonds is 7. The van der Waals surface area contributed by atoms with Gasteiger partial charge in [0.05, 0.1) is 17.7 Å². The number of amides is 1. The normalized spacial score (nSPS) is 19.3. The third-order valence-electron chi connectivity index (χ3n) is 7.60. The van der Waals surface area contributed by atoms with Gasteiger partial charge in [0.1, 0.15) is 11.4 Å². The Morgan fingerprint density at radius 3 is 2.08 bits per heavy atom. The molecule has 0 aromatic heterocycles. The highest BCUT2D eigenvalue weighted by Crippen LogP contribution is 2.44. The molecule has 1 unspecified atom stereocenters. The molecule has 1 heterocycles. The van der Waals surface area contributed by atoms with Crippen molar-refractivity contribution < 1.29 is 28.2 Å². The lowest BCUT2D eigenvalue weighted by Gasteiger charge is -2.43. The van der Waals surface area contributed by atoms with Crippen LogP contribution in [0.2, 0.25) is 18.1 Å². The van der Waals surface area contributed by atoms with Gasteiger partial charge in [0.2, 0.25) is 0 Å². The van der Waals surface area contributed by atoms with Gasteiger partial charge in [0.15, 0.2) is 8.32 Å². The molecule has 2 aromatic carbocycles. The Balaban J connectivity index is 2.01. The largest absolute Gasteiger partial charge is 0.478 e. The fourth-order valence-corrected chi connectivity index (χ4v) is 5.86. The number of likely N-dealkylation sites (tertiary alicyclic amines) is 1. The number of carbonyl (C=O) groups excluding carboxylic acids is 1. The van der Waals surface area contributed by atoms with Gasteiger partial charge < -0.3 is 14.3 Å². The van der Waals surface area contributed by atoms with Crippen molar-refractivity contribution in [3.63, 3.8) is 0 Å². The van der Waals surface area contributed by atoms with Crippen LogP contribution in [0.5, 0.6) is 0 Å². The van der Waals surface area contributed by atoms with Crippen LogP contribution >= 0.6 is 0 Å². The molecule has 1 N–H and O–H groups in total. The van der Waals surface area contributed by atoms with E-state index in [1.165, 1.54) is 12.1 Å². The van der Waals surface area contributed by atoms with Crippen molar-refractivity contribution in [3.8, 4) is 0 Å². The monoisotopic (exact) mass is 543 g/mol. The Hall–Kier alpha value is -2.71. The van der Waals surface area contributed by atoms with E-state index in [1.54, 1.807) is 36.4 Å². The number of ether oxygens (including phenoxy) is 1. The van der Waals surface area contributed by atoms with Crippen molar-refractivity contribution in [2.75, 3.05) is 0 Å². The van der Waals surface area contributed by atoms with Gasteiger partial charge in [-0.1, -0.05) is 45.0 Å². The summed E-state index contributed by atoms with van der Waals surface area (Å²) in [4.78, 5) is 26.8. The minimum Gasteiger partial charge on any atom is -0.478 e. The van der Waals surface area contributed by atoms with Gasteiger partial charge in [-0.2, -0.15) is 0 Å². The van der Waals surface area contributed by atoms with Crippen LogP contribution in [-0.2, 0) is 15.6 Å². The van der Waals surface area contributed by atoms with Crippen LogP contribution < -0.4 is 0 Å². The number of hydrogen-bond donors (Lipinski definition) is 1. The van der Waals surface area contributed by atoms with E-state index < -0.39 is 32.1 Å². The molecule has 3 rings (SSSR count). The molecule has 1 amide bonds. The van der Waals surface area contributed by atoms with E-state index in [0.717, 1.165) is 17.5 Å². The lowest BCUT2D eigenvalue weighted by Crippen LogP contribution is -2.50. The van der Waals surface area contributed by atoms with Crippen molar-refractivity contribution in [1.29, 1.82) is 0 Å². The maximum Gasteiger partial charge on any atom is 0.410 e. The lowest BCUT2D eigenvalue weighted by atomic mass is 10.0. The van der Waals surface area contributed by atoms with Crippen molar-refractivity contribution in [2.24, 2.45) is 0 Å². The zero-order valence-corrected chi connectivity index (χ0v) is 24.9. The summed E-state index contributed by atoms with van der Waals surface area (Å²) < 4.78 is 26.7. The quantitative estimate of drug-likeness (QED) is 0.364. The molecule has 0 aliphatic carbocycles. The van der Waals surface area contributed by atoms with Crippen LogP contribution in [0.15, 0.2) is 48.5 Å². The average Bonchev–Trinajstić information content (AvgIpc) is 3.20. The Kier molecular flexibility index (Phi) is 8.78. The third-order valence-corrected chi connectivity index (χ3v) is 12.1. The molecule has 0 radical (unpaired) electrons. The van der Waals surface area contributed by atoms with E-state index in [0.29, 0.717) is 12.8 Å². The molecule has 38 heavy (non-hydrogen) atoms. The summed E-state index contributed by atoms with van der Waals surface area (Å²) in [6.07, 6.45) is 1.16. The highest BCUT2D eigenvalue weighted by Gasteiger charge is 2.47. The minimum atomic E-state index is -2.28. The van der Waals surface area contributed by atoms with E-state index in [9.17, 15) is 19.1 Å². The van der Waals surface area contributed by atoms with E-state index in [1.807, 2.05) is 25.7 Å². The summed E-state index contributed by atoms with van der Waals surface area (Å²) in [7, 11) is -2.28. The zero-order valence-electron chi connectivity index (χ0n) is 23.9. The average molecular weight is 544 g/mol. The molecule has 1 saturated heterocycles. The van der Waals surface area contributed by atoms with Crippen molar-refractivity contribution >= 4 is 20.4 Å². The number of carboxylic acid groups (broad SMARTS) is 1. The maximum absolute atomic E-state index is 13.9. The number of nitrogens with zero attached hydrogens (tertiary/aromatic N) is 1. The van der Waals surface area contributed by atoms with Crippen molar-refractivity contribution in [1.82, 2.24) is 4.90 Å². The molecule has 2 aromatic rings. The molecule has 0 bridgehead atoms. The lowest BCUT2D eigenvalue weighted by molar-refractivity contribution is -0.00240. The molecule has 0 saturated carbocycles. The Labute approximate surface area is 227 Å². The second-order valence-corrected chi connectivity index (χ2v) is 17.5. The third kappa shape index (κ3) is 7.23. The minimum absolute atomic E-state index is 0.0636. The predicted molar refractivity (Wildman–Crippen MR) is 149 cm³/mol. The highest BCUT2D eigenvalue weighted by atomic mass is 28.4. The summed E-state index contributed by atoms with van der Waals surface area (Å²) in [5.41, 5.74) is 1.32. The number of carbonyl (C=O) groups is 2. The van der Waals surface area contributed by atoms with Gasteiger partial charge in [0, 0.05) is 6.04 Å². The van der Waals surface area contributed by atoms with Gasteiger partial charge in [-0.3, -0.25) is 4.90 Å². The number of aromatic carboxylic acids is 1. The SMILES string of the molecule is CC(C)(C)OC(=O)N1[C@H](Cc2ccc(C(=O)O)cc2)CC[C@@H]1C(O[Si](C)(C)C(C)(C)C)c1ccc(F)cc1. The molecular weight excluding hydrogens is 501 g/mol. The maximum atomic E-state index is 13.9. The van der Waals surface area contributed by atoms with Crippen molar-refractivity contribution in [3.05, 3.63) is 71.0 Å². The Morgan fingerprint density at radius 1 is 1.00 bits per heavy atom. The van der Waals surface area contributed by atoms with Gasteiger partial charge in [0.25, 0.3) is 0 Å². The highest BCUT2D eigenvalue weighted by molar-refractivity contribution is 6.74. The molecule has 208 valence electrons. The number of benzene rings is 2. The summed E-state index contributed by atoms with van der Waals surface area (Å²) in [6, 6.07) is 12.7. The van der Waals surface area contributed by atoms with E-state index in [-0.39, 0.29) is 28.5 Å². The Bertz CT molecular complexity index is 1120. The predicted octanol–water partition coefficient (Wildman–Crippen LogP) is 7.60. The Morgan fingerprint density at radius 2 is 1.58 bits per heavy atom. The first-order valence-corrected chi connectivity index (χ1v) is 16.2. The van der Waals surface area contributed by atoms with Crippen LogP contribution in [0.1, 0.15) is 82.0 Å². The molecular formula is C30H42FNO5Si. The topological polar surface area (TPSA) is 76.1 Å². The molecule has 6 nitrogen and oxygen atoms in total. The number of carboxylic acids is 1. The van der Waals surface area contributed by atoms with E-state index in [2.05, 4.69) is 33.9 Å². The van der Waals surface area contributed by atoms with Crippen molar-refractivity contribution in [2.45, 2.75) is 103 Å². The number of hydrogen-bond acceptors (Lipinski definition) is 4. The fourth-order valence-electron chi connectivity index (χ4n) is 4.58. The summed E-state index contributed by atoms with van der Waals surface area (Å²) in [5, 5.41) is 9.19. The molecule has 0 spiro atoms. The molecule has 3 atom stereocenters. The van der Waals surface area contributed by atoms with Gasteiger partial charge in [-0.15, -0.1) is 0 Å². The van der Waals surface area contributed by atoms with Crippen LogP contribution in [0.4, 0.5) is 9.18 Å². The first kappa shape index (κ1) is 29.8. The zero-order chi connectivity index (χ0) is 28.5. The first-order chi connectivity index (χ1) is 17.5. The molecule has 1 fully saturated rings. The fraction of sp³-hybridized carbons (Fsp3) is 0.533. The van der Waals surface area contributed by atoms with Crippen LogP contribution in [0.25, 0.3) is 0 Å². The molecule has 1 aliphatic heterocycles. The van der Waals surface area contributed by atoms with Crippen LogP contribution in [0, 0.1) is 5.82 Å². The van der Waals surface area contributed by atoms with Gasteiger partial charge >= 0.3 is 12.1 Å². The summed E-state index contributed by atoms with van der Waals surface area (Å²) >= 11 is 0. The van der Waals surface area contributed by atoms with E-state index in [4.69, 9.17) is 9.16 Å². The van der Waals surface area contributed by atoms with Crippen LogP contribution in [0.3, 0.4) is 0 Å². The second kappa shape index (κ2) is 11.2.